The number of H-pyrrole nitrogens is 1. The van der Waals surface area contributed by atoms with E-state index in [1.54, 1.807) is 21.1 Å². The average molecular weight is 380 g/mol. The van der Waals surface area contributed by atoms with Crippen molar-refractivity contribution >= 4 is 16.8 Å². The lowest BCUT2D eigenvalue weighted by atomic mass is 10.1. The molecule has 0 bridgehead atoms. The van der Waals surface area contributed by atoms with Crippen molar-refractivity contribution in [2.75, 3.05) is 20.8 Å². The first-order chi connectivity index (χ1) is 13.5. The smallest absolute Gasteiger partial charge is 0.251 e. The molecule has 0 aliphatic carbocycles. The largest absolute Gasteiger partial charge is 0.497 e. The van der Waals surface area contributed by atoms with Gasteiger partial charge < -0.3 is 19.8 Å². The number of benzene rings is 2. The molecule has 146 valence electrons. The maximum Gasteiger partial charge on any atom is 0.251 e. The van der Waals surface area contributed by atoms with E-state index in [1.165, 1.54) is 0 Å². The zero-order valence-electron chi connectivity index (χ0n) is 16.3. The predicted octanol–water partition coefficient (Wildman–Crippen LogP) is 2.76. The monoisotopic (exact) mass is 380 g/mol. The summed E-state index contributed by atoms with van der Waals surface area (Å²) in [6, 6.07) is 13.1. The molecule has 0 atom stereocenters. The van der Waals surface area contributed by atoms with Crippen LogP contribution in [0.2, 0.25) is 0 Å². The van der Waals surface area contributed by atoms with Crippen molar-refractivity contribution < 1.29 is 14.3 Å². The number of carbonyl (C=O) groups is 1. The molecule has 0 unspecified atom stereocenters. The van der Waals surface area contributed by atoms with Crippen molar-refractivity contribution in [3.63, 3.8) is 0 Å². The molecule has 3 rings (SSSR count). The van der Waals surface area contributed by atoms with Crippen LogP contribution in [-0.4, -0.2) is 31.7 Å². The highest BCUT2D eigenvalue weighted by Crippen LogP contribution is 2.24. The number of aryl methyl sites for hydroxylation is 1. The second-order valence-corrected chi connectivity index (χ2v) is 6.66. The van der Waals surface area contributed by atoms with Gasteiger partial charge in [-0.15, -0.1) is 0 Å². The zero-order valence-corrected chi connectivity index (χ0v) is 16.3. The Balaban J connectivity index is 1.59. The van der Waals surface area contributed by atoms with Crippen LogP contribution >= 0.6 is 0 Å². The number of aromatic amines is 1. The van der Waals surface area contributed by atoms with E-state index < -0.39 is 0 Å². The van der Waals surface area contributed by atoms with Crippen LogP contribution in [0.3, 0.4) is 0 Å². The summed E-state index contributed by atoms with van der Waals surface area (Å²) in [7, 11) is 3.23. The molecule has 2 aromatic carbocycles. The Hall–Kier alpha value is -3.28. The molecule has 28 heavy (non-hydrogen) atoms. The van der Waals surface area contributed by atoms with Crippen LogP contribution in [0, 0.1) is 6.92 Å². The summed E-state index contributed by atoms with van der Waals surface area (Å²) >= 11 is 0. The van der Waals surface area contributed by atoms with Crippen molar-refractivity contribution in [3.8, 4) is 11.5 Å². The molecule has 1 amide bonds. The third kappa shape index (κ3) is 4.52. The fraction of sp³-hybridized carbons (Fsp3) is 0.273. The van der Waals surface area contributed by atoms with E-state index in [4.69, 9.17) is 9.47 Å². The zero-order chi connectivity index (χ0) is 20.1. The number of aromatic nitrogens is 1. The number of carbonyl (C=O) groups excluding carboxylic acids is 1. The van der Waals surface area contributed by atoms with Gasteiger partial charge in [0.15, 0.2) is 0 Å². The highest BCUT2D eigenvalue weighted by atomic mass is 16.5. The Morgan fingerprint density at radius 3 is 2.64 bits per heavy atom. The number of methoxy groups -OCH3 is 2. The van der Waals surface area contributed by atoms with Crippen LogP contribution in [0.25, 0.3) is 10.9 Å². The van der Waals surface area contributed by atoms with Crippen LogP contribution in [0.15, 0.2) is 47.3 Å². The molecule has 6 heteroatoms. The minimum atomic E-state index is -0.0908. The fourth-order valence-corrected chi connectivity index (χ4v) is 3.12. The van der Waals surface area contributed by atoms with Crippen molar-refractivity contribution in [1.29, 1.82) is 0 Å². The Morgan fingerprint density at radius 2 is 1.89 bits per heavy atom. The summed E-state index contributed by atoms with van der Waals surface area (Å²) in [4.78, 5) is 26.8. The van der Waals surface area contributed by atoms with Crippen LogP contribution in [0.4, 0.5) is 0 Å². The second kappa shape index (κ2) is 8.61. The molecule has 0 aliphatic heterocycles. The number of fused-ring (bicyclic) bond motifs is 1. The third-order valence-corrected chi connectivity index (χ3v) is 4.67. The summed E-state index contributed by atoms with van der Waals surface area (Å²) in [6.45, 7) is 2.28. The standard InChI is InChI=1S/C22H24N2O4/c1-14-10-17-11-15(4-7-19(17)24-22(14)26)12-21(25)23-9-8-16-5-6-18(27-2)13-20(16)28-3/h4-7,10-11,13H,8-9,12H2,1-3H3,(H,23,25)(H,24,26). The molecule has 0 saturated carbocycles. The average Bonchev–Trinajstić information content (AvgIpc) is 2.69. The summed E-state index contributed by atoms with van der Waals surface area (Å²) in [5.41, 5.74) is 3.24. The van der Waals surface area contributed by atoms with Gasteiger partial charge in [-0.3, -0.25) is 9.59 Å². The highest BCUT2D eigenvalue weighted by molar-refractivity contribution is 5.83. The van der Waals surface area contributed by atoms with Gasteiger partial charge in [0.1, 0.15) is 11.5 Å². The molecular weight excluding hydrogens is 356 g/mol. The summed E-state index contributed by atoms with van der Waals surface area (Å²) in [6.07, 6.45) is 0.949. The number of ether oxygens (including phenoxy) is 2. The van der Waals surface area contributed by atoms with E-state index in [0.717, 1.165) is 33.5 Å². The van der Waals surface area contributed by atoms with E-state index in [2.05, 4.69) is 10.3 Å². The number of hydrogen-bond acceptors (Lipinski definition) is 4. The van der Waals surface area contributed by atoms with Gasteiger partial charge in [0.25, 0.3) is 5.56 Å². The van der Waals surface area contributed by atoms with Gasteiger partial charge >= 0.3 is 0 Å². The molecule has 0 fully saturated rings. The molecule has 2 N–H and O–H groups in total. The van der Waals surface area contributed by atoms with E-state index >= 15 is 0 Å². The van der Waals surface area contributed by atoms with Crippen LogP contribution in [-0.2, 0) is 17.6 Å². The third-order valence-electron chi connectivity index (χ3n) is 4.67. The number of amides is 1. The lowest BCUT2D eigenvalue weighted by Crippen LogP contribution is -2.27. The number of hydrogen-bond donors (Lipinski definition) is 2. The van der Waals surface area contributed by atoms with Crippen molar-refractivity contribution in [2.45, 2.75) is 19.8 Å². The van der Waals surface area contributed by atoms with Gasteiger partial charge in [-0.05, 0) is 54.1 Å². The van der Waals surface area contributed by atoms with Crippen molar-refractivity contribution in [3.05, 3.63) is 69.5 Å². The van der Waals surface area contributed by atoms with Gasteiger partial charge in [-0.1, -0.05) is 12.1 Å². The predicted molar refractivity (Wildman–Crippen MR) is 109 cm³/mol. The molecule has 3 aromatic rings. The molecule has 0 aliphatic rings. The first-order valence-corrected chi connectivity index (χ1v) is 9.10. The Labute approximate surface area is 163 Å². The summed E-state index contributed by atoms with van der Waals surface area (Å²) < 4.78 is 10.6. The number of nitrogens with one attached hydrogen (secondary N) is 2. The molecule has 0 saturated heterocycles. The maximum atomic E-state index is 12.3. The summed E-state index contributed by atoms with van der Waals surface area (Å²) in [5.74, 6) is 1.43. The Bertz CT molecular complexity index is 1060. The van der Waals surface area contributed by atoms with Crippen molar-refractivity contribution in [2.24, 2.45) is 0 Å². The first kappa shape index (κ1) is 19.5. The molecular formula is C22H24N2O4. The highest BCUT2D eigenvalue weighted by Gasteiger charge is 2.08. The Kier molecular flexibility index (Phi) is 5.99. The topological polar surface area (TPSA) is 80.4 Å². The second-order valence-electron chi connectivity index (χ2n) is 6.66. The van der Waals surface area contributed by atoms with E-state index in [0.29, 0.717) is 18.5 Å². The van der Waals surface area contributed by atoms with Crippen molar-refractivity contribution in [1.82, 2.24) is 10.3 Å². The lowest BCUT2D eigenvalue weighted by Gasteiger charge is -2.11. The minimum absolute atomic E-state index is 0.0482. The SMILES string of the molecule is COc1ccc(CCNC(=O)Cc2ccc3[nH]c(=O)c(C)cc3c2)c(OC)c1. The molecule has 0 radical (unpaired) electrons. The van der Waals surface area contributed by atoms with E-state index in [1.807, 2.05) is 42.5 Å². The van der Waals surface area contributed by atoms with E-state index in [9.17, 15) is 9.59 Å². The number of rotatable bonds is 7. The maximum absolute atomic E-state index is 12.3. The van der Waals surface area contributed by atoms with Crippen LogP contribution in [0.5, 0.6) is 11.5 Å². The molecule has 1 aromatic heterocycles. The normalized spacial score (nSPS) is 10.7. The first-order valence-electron chi connectivity index (χ1n) is 9.10. The summed E-state index contributed by atoms with van der Waals surface area (Å²) in [5, 5.41) is 3.87. The Morgan fingerprint density at radius 1 is 1.07 bits per heavy atom. The fourth-order valence-electron chi connectivity index (χ4n) is 3.12. The molecule has 1 heterocycles. The molecule has 6 nitrogen and oxygen atoms in total. The minimum Gasteiger partial charge on any atom is -0.497 e. The molecule has 0 spiro atoms. The van der Waals surface area contributed by atoms with Crippen LogP contribution in [0.1, 0.15) is 16.7 Å². The van der Waals surface area contributed by atoms with Gasteiger partial charge in [0, 0.05) is 23.7 Å². The van der Waals surface area contributed by atoms with Gasteiger partial charge in [0.2, 0.25) is 5.91 Å². The van der Waals surface area contributed by atoms with Gasteiger partial charge in [-0.2, -0.15) is 0 Å². The number of pyridine rings is 1. The lowest BCUT2D eigenvalue weighted by molar-refractivity contribution is -0.120. The van der Waals surface area contributed by atoms with E-state index in [-0.39, 0.29) is 17.9 Å². The van der Waals surface area contributed by atoms with Gasteiger partial charge in [-0.25, -0.2) is 0 Å². The van der Waals surface area contributed by atoms with Crippen LogP contribution < -0.4 is 20.3 Å². The quantitative estimate of drug-likeness (QED) is 0.660. The van der Waals surface area contributed by atoms with Gasteiger partial charge in [0.05, 0.1) is 20.6 Å².